The number of amides is 1. The molecule has 0 spiro atoms. The molecule has 4 heteroatoms. The molecule has 0 aliphatic carbocycles. The highest BCUT2D eigenvalue weighted by molar-refractivity contribution is 7.10. The van der Waals surface area contributed by atoms with E-state index in [-0.39, 0.29) is 5.91 Å². The number of carbonyl (C=O) groups excluding carboxylic acids is 1. The second-order valence-corrected chi connectivity index (χ2v) is 6.55. The molecule has 2 heterocycles. The van der Waals surface area contributed by atoms with Gasteiger partial charge in [0.1, 0.15) is 0 Å². The molecule has 21 heavy (non-hydrogen) atoms. The predicted octanol–water partition coefficient (Wildman–Crippen LogP) is 3.13. The van der Waals surface area contributed by atoms with Gasteiger partial charge in [0.05, 0.1) is 0 Å². The maximum Gasteiger partial charge on any atom is 0.222 e. The Morgan fingerprint density at radius 3 is 2.86 bits per heavy atom. The standard InChI is InChI=1S/C17H20N2OS/c1-19-11-15(7-8-17(19)20)18-10-16-9-14(12-21-16)13-5-3-2-4-6-13/h2-6,9,12,15,18H,7-8,10-11H2,1H3. The Kier molecular flexibility index (Phi) is 4.36. The van der Waals surface area contributed by atoms with Crippen molar-refractivity contribution in [1.29, 1.82) is 0 Å². The van der Waals surface area contributed by atoms with Crippen LogP contribution >= 0.6 is 11.3 Å². The fourth-order valence-corrected chi connectivity index (χ4v) is 3.52. The second kappa shape index (κ2) is 6.41. The molecule has 2 aromatic rings. The smallest absolute Gasteiger partial charge is 0.222 e. The van der Waals surface area contributed by atoms with E-state index in [1.54, 1.807) is 11.3 Å². The first-order valence-electron chi connectivity index (χ1n) is 7.32. The van der Waals surface area contributed by atoms with E-state index in [1.807, 2.05) is 18.0 Å². The van der Waals surface area contributed by atoms with Gasteiger partial charge in [0.2, 0.25) is 5.91 Å². The maximum absolute atomic E-state index is 11.5. The fourth-order valence-electron chi connectivity index (χ4n) is 2.68. The van der Waals surface area contributed by atoms with Crippen LogP contribution in [0.3, 0.4) is 0 Å². The summed E-state index contributed by atoms with van der Waals surface area (Å²) in [5.41, 5.74) is 2.55. The summed E-state index contributed by atoms with van der Waals surface area (Å²) in [6, 6.07) is 13.1. The van der Waals surface area contributed by atoms with Crippen molar-refractivity contribution in [3.05, 3.63) is 46.7 Å². The molecule has 1 N–H and O–H groups in total. The lowest BCUT2D eigenvalue weighted by molar-refractivity contribution is -0.132. The fraction of sp³-hybridized carbons (Fsp3) is 0.353. The molecule has 1 fully saturated rings. The maximum atomic E-state index is 11.5. The molecule has 0 bridgehead atoms. The molecule has 1 amide bonds. The number of benzene rings is 1. The number of hydrogen-bond donors (Lipinski definition) is 1. The van der Waals surface area contributed by atoms with Gasteiger partial charge in [0.15, 0.2) is 0 Å². The number of rotatable bonds is 4. The summed E-state index contributed by atoms with van der Waals surface area (Å²) in [5.74, 6) is 0.260. The van der Waals surface area contributed by atoms with Crippen molar-refractivity contribution in [3.8, 4) is 11.1 Å². The van der Waals surface area contributed by atoms with Crippen LogP contribution in [0.25, 0.3) is 11.1 Å². The van der Waals surface area contributed by atoms with Gasteiger partial charge in [-0.05, 0) is 29.0 Å². The van der Waals surface area contributed by atoms with Crippen LogP contribution in [0.1, 0.15) is 17.7 Å². The average molecular weight is 300 g/mol. The lowest BCUT2D eigenvalue weighted by Gasteiger charge is -2.30. The van der Waals surface area contributed by atoms with Crippen molar-refractivity contribution in [2.24, 2.45) is 0 Å². The average Bonchev–Trinajstić information content (AvgIpc) is 2.98. The zero-order valence-electron chi connectivity index (χ0n) is 12.2. The summed E-state index contributed by atoms with van der Waals surface area (Å²) < 4.78 is 0. The molecule has 3 rings (SSSR count). The highest BCUT2D eigenvalue weighted by atomic mass is 32.1. The summed E-state index contributed by atoms with van der Waals surface area (Å²) >= 11 is 1.79. The largest absolute Gasteiger partial charge is 0.344 e. The molecule has 110 valence electrons. The monoisotopic (exact) mass is 300 g/mol. The van der Waals surface area contributed by atoms with E-state index in [4.69, 9.17) is 0 Å². The van der Waals surface area contributed by atoms with Crippen molar-refractivity contribution < 1.29 is 4.79 Å². The van der Waals surface area contributed by atoms with E-state index in [1.165, 1.54) is 16.0 Å². The third-order valence-electron chi connectivity index (χ3n) is 3.95. The summed E-state index contributed by atoms with van der Waals surface area (Å²) in [6.45, 7) is 1.69. The molecule has 1 aliphatic rings. The molecule has 3 nitrogen and oxygen atoms in total. The van der Waals surface area contributed by atoms with Gasteiger partial charge in [-0.1, -0.05) is 30.3 Å². The Balaban J connectivity index is 1.57. The number of nitrogens with zero attached hydrogens (tertiary/aromatic N) is 1. The summed E-state index contributed by atoms with van der Waals surface area (Å²) in [5, 5.41) is 5.78. The van der Waals surface area contributed by atoms with Gasteiger partial charge in [-0.2, -0.15) is 0 Å². The van der Waals surface area contributed by atoms with Crippen LogP contribution in [0.2, 0.25) is 0 Å². The van der Waals surface area contributed by atoms with Crippen LogP contribution in [-0.4, -0.2) is 30.4 Å². The van der Waals surface area contributed by atoms with E-state index < -0.39 is 0 Å². The van der Waals surface area contributed by atoms with Crippen molar-refractivity contribution in [2.45, 2.75) is 25.4 Å². The summed E-state index contributed by atoms with van der Waals surface area (Å²) in [7, 11) is 1.88. The van der Waals surface area contributed by atoms with Gasteiger partial charge in [0.25, 0.3) is 0 Å². The zero-order chi connectivity index (χ0) is 14.7. The Morgan fingerprint density at radius 2 is 2.10 bits per heavy atom. The number of carbonyl (C=O) groups is 1. The highest BCUT2D eigenvalue weighted by Crippen LogP contribution is 2.25. The molecule has 0 saturated carbocycles. The Hall–Kier alpha value is -1.65. The molecular formula is C17H20N2OS. The van der Waals surface area contributed by atoms with Crippen molar-refractivity contribution in [1.82, 2.24) is 10.2 Å². The number of likely N-dealkylation sites (tertiary alicyclic amines) is 1. The molecule has 1 aromatic heterocycles. The van der Waals surface area contributed by atoms with E-state index in [2.05, 4.69) is 41.0 Å². The molecule has 1 aliphatic heterocycles. The Labute approximate surface area is 129 Å². The van der Waals surface area contributed by atoms with Gasteiger partial charge in [-0.3, -0.25) is 4.79 Å². The topological polar surface area (TPSA) is 32.3 Å². The van der Waals surface area contributed by atoms with Gasteiger partial charge in [0, 0.05) is 37.5 Å². The predicted molar refractivity (Wildman–Crippen MR) is 87.3 cm³/mol. The molecule has 1 aromatic carbocycles. The molecule has 0 radical (unpaired) electrons. The van der Waals surface area contributed by atoms with E-state index in [9.17, 15) is 4.79 Å². The zero-order valence-corrected chi connectivity index (χ0v) is 13.0. The lowest BCUT2D eigenvalue weighted by Crippen LogP contribution is -2.46. The Bertz CT molecular complexity index is 608. The highest BCUT2D eigenvalue weighted by Gasteiger charge is 2.22. The normalized spacial score (nSPS) is 19.0. The van der Waals surface area contributed by atoms with E-state index in [0.29, 0.717) is 12.5 Å². The second-order valence-electron chi connectivity index (χ2n) is 5.56. The van der Waals surface area contributed by atoms with Crippen LogP contribution in [0.15, 0.2) is 41.8 Å². The minimum atomic E-state index is 0.260. The SMILES string of the molecule is CN1CC(NCc2cc(-c3ccccc3)cs2)CCC1=O. The van der Waals surface area contributed by atoms with E-state index >= 15 is 0 Å². The van der Waals surface area contributed by atoms with Gasteiger partial charge in [-0.15, -0.1) is 11.3 Å². The van der Waals surface area contributed by atoms with Crippen LogP contribution in [0, 0.1) is 0 Å². The van der Waals surface area contributed by atoms with Crippen LogP contribution in [0.4, 0.5) is 0 Å². The molecule has 1 saturated heterocycles. The van der Waals surface area contributed by atoms with Gasteiger partial charge < -0.3 is 10.2 Å². The third kappa shape index (κ3) is 3.52. The number of hydrogen-bond acceptors (Lipinski definition) is 3. The third-order valence-corrected chi connectivity index (χ3v) is 4.89. The first kappa shape index (κ1) is 14.3. The summed E-state index contributed by atoms with van der Waals surface area (Å²) in [4.78, 5) is 14.6. The van der Waals surface area contributed by atoms with Crippen molar-refractivity contribution in [2.75, 3.05) is 13.6 Å². The first-order valence-corrected chi connectivity index (χ1v) is 8.20. The van der Waals surface area contributed by atoms with Gasteiger partial charge >= 0.3 is 0 Å². The van der Waals surface area contributed by atoms with E-state index in [0.717, 1.165) is 19.5 Å². The van der Waals surface area contributed by atoms with Crippen molar-refractivity contribution >= 4 is 17.2 Å². The van der Waals surface area contributed by atoms with Crippen LogP contribution in [-0.2, 0) is 11.3 Å². The number of nitrogens with one attached hydrogen (secondary N) is 1. The minimum absolute atomic E-state index is 0.260. The quantitative estimate of drug-likeness (QED) is 0.941. The summed E-state index contributed by atoms with van der Waals surface area (Å²) in [6.07, 6.45) is 1.61. The minimum Gasteiger partial charge on any atom is -0.344 e. The Morgan fingerprint density at radius 1 is 1.29 bits per heavy atom. The molecule has 1 unspecified atom stereocenters. The number of likely N-dealkylation sites (N-methyl/N-ethyl adjacent to an activating group) is 1. The molecule has 1 atom stereocenters. The lowest BCUT2D eigenvalue weighted by atomic mass is 10.1. The van der Waals surface area contributed by atoms with Crippen LogP contribution in [0.5, 0.6) is 0 Å². The molecular weight excluding hydrogens is 280 g/mol. The number of thiophene rings is 1. The first-order chi connectivity index (χ1) is 10.2. The number of piperidine rings is 1. The van der Waals surface area contributed by atoms with Crippen molar-refractivity contribution in [3.63, 3.8) is 0 Å². The van der Waals surface area contributed by atoms with Crippen LogP contribution < -0.4 is 5.32 Å². The van der Waals surface area contributed by atoms with Gasteiger partial charge in [-0.25, -0.2) is 0 Å².